The van der Waals surface area contributed by atoms with Crippen LogP contribution in [0.1, 0.15) is 31.4 Å². The summed E-state index contributed by atoms with van der Waals surface area (Å²) in [6.07, 6.45) is -0.400. The molecular formula is C15H20F3N3O. The fourth-order valence-corrected chi connectivity index (χ4v) is 2.59. The zero-order valence-electron chi connectivity index (χ0n) is 12.4. The van der Waals surface area contributed by atoms with Crippen LogP contribution in [0.3, 0.4) is 0 Å². The average molecular weight is 315 g/mol. The molecule has 1 N–H and O–H groups in total. The minimum absolute atomic E-state index is 0.0358. The SMILES string of the molecule is C[C@H](NCC(=O)N1CCC[C@@H](C(F)(F)F)C1)c1ccncc1. The molecule has 1 fully saturated rings. The van der Waals surface area contributed by atoms with E-state index >= 15 is 0 Å². The minimum Gasteiger partial charge on any atom is -0.341 e. The lowest BCUT2D eigenvalue weighted by Gasteiger charge is -2.34. The second kappa shape index (κ2) is 7.09. The summed E-state index contributed by atoms with van der Waals surface area (Å²) in [6, 6.07) is 3.61. The first kappa shape index (κ1) is 16.7. The predicted octanol–water partition coefficient (Wildman–Crippen LogP) is 2.53. The van der Waals surface area contributed by atoms with Gasteiger partial charge >= 0.3 is 6.18 Å². The molecule has 122 valence electrons. The number of hydrogen-bond donors (Lipinski definition) is 1. The van der Waals surface area contributed by atoms with Crippen molar-refractivity contribution in [2.45, 2.75) is 32.0 Å². The van der Waals surface area contributed by atoms with Crippen molar-refractivity contribution in [1.82, 2.24) is 15.2 Å². The molecule has 0 saturated carbocycles. The first-order chi connectivity index (χ1) is 10.4. The molecule has 2 rings (SSSR count). The Balaban J connectivity index is 1.84. The maximum Gasteiger partial charge on any atom is 0.393 e. The zero-order chi connectivity index (χ0) is 16.2. The molecule has 1 aliphatic rings. The van der Waals surface area contributed by atoms with Gasteiger partial charge in [-0.15, -0.1) is 0 Å². The monoisotopic (exact) mass is 315 g/mol. The van der Waals surface area contributed by atoms with Crippen LogP contribution in [-0.2, 0) is 4.79 Å². The molecule has 0 radical (unpaired) electrons. The van der Waals surface area contributed by atoms with E-state index in [9.17, 15) is 18.0 Å². The van der Waals surface area contributed by atoms with Gasteiger partial charge in [-0.1, -0.05) is 0 Å². The molecule has 0 unspecified atom stereocenters. The number of aromatic nitrogens is 1. The Kier molecular flexibility index (Phi) is 5.39. The molecule has 1 aliphatic heterocycles. The van der Waals surface area contributed by atoms with Crippen molar-refractivity contribution < 1.29 is 18.0 Å². The molecule has 4 nitrogen and oxygen atoms in total. The Bertz CT molecular complexity index is 493. The van der Waals surface area contributed by atoms with Crippen LogP contribution >= 0.6 is 0 Å². The molecule has 22 heavy (non-hydrogen) atoms. The molecule has 1 saturated heterocycles. The van der Waals surface area contributed by atoms with Gasteiger partial charge in [0, 0.05) is 31.5 Å². The Morgan fingerprint density at radius 3 is 2.77 bits per heavy atom. The maximum atomic E-state index is 12.8. The lowest BCUT2D eigenvalue weighted by atomic mass is 9.97. The van der Waals surface area contributed by atoms with E-state index in [2.05, 4.69) is 10.3 Å². The molecule has 0 spiro atoms. The maximum absolute atomic E-state index is 12.8. The van der Waals surface area contributed by atoms with Crippen molar-refractivity contribution in [1.29, 1.82) is 0 Å². The molecule has 2 atom stereocenters. The zero-order valence-corrected chi connectivity index (χ0v) is 12.4. The summed E-state index contributed by atoms with van der Waals surface area (Å²) in [5.41, 5.74) is 0.981. The number of nitrogens with one attached hydrogen (secondary N) is 1. The van der Waals surface area contributed by atoms with Crippen LogP contribution < -0.4 is 5.32 Å². The second-order valence-electron chi connectivity index (χ2n) is 5.60. The third kappa shape index (κ3) is 4.43. The molecule has 0 aliphatic carbocycles. The first-order valence-corrected chi connectivity index (χ1v) is 7.35. The van der Waals surface area contributed by atoms with Gasteiger partial charge in [0.05, 0.1) is 12.5 Å². The Labute approximate surface area is 127 Å². The smallest absolute Gasteiger partial charge is 0.341 e. The van der Waals surface area contributed by atoms with Crippen LogP contribution in [0.5, 0.6) is 0 Å². The van der Waals surface area contributed by atoms with Gasteiger partial charge in [-0.25, -0.2) is 0 Å². The Morgan fingerprint density at radius 1 is 1.45 bits per heavy atom. The summed E-state index contributed by atoms with van der Waals surface area (Å²) in [5.74, 6) is -1.68. The number of alkyl halides is 3. The molecule has 2 heterocycles. The normalized spacial score (nSPS) is 20.7. The van der Waals surface area contributed by atoms with Crippen LogP contribution in [0.25, 0.3) is 0 Å². The van der Waals surface area contributed by atoms with Crippen molar-refractivity contribution in [3.05, 3.63) is 30.1 Å². The molecular weight excluding hydrogens is 295 g/mol. The average Bonchev–Trinajstić information content (AvgIpc) is 2.52. The number of piperidine rings is 1. The van der Waals surface area contributed by atoms with E-state index in [1.54, 1.807) is 12.4 Å². The van der Waals surface area contributed by atoms with E-state index in [1.807, 2.05) is 19.1 Å². The van der Waals surface area contributed by atoms with E-state index in [-0.39, 0.29) is 31.5 Å². The summed E-state index contributed by atoms with van der Waals surface area (Å²) in [7, 11) is 0. The highest BCUT2D eigenvalue weighted by atomic mass is 19.4. The number of rotatable bonds is 4. The summed E-state index contributed by atoms with van der Waals surface area (Å²) >= 11 is 0. The van der Waals surface area contributed by atoms with Gasteiger partial charge in [0.15, 0.2) is 0 Å². The molecule has 1 amide bonds. The van der Waals surface area contributed by atoms with Crippen LogP contribution in [-0.4, -0.2) is 41.6 Å². The van der Waals surface area contributed by atoms with Crippen molar-refractivity contribution in [3.63, 3.8) is 0 Å². The fraction of sp³-hybridized carbons (Fsp3) is 0.600. The quantitative estimate of drug-likeness (QED) is 0.929. The number of nitrogens with zero attached hydrogens (tertiary/aromatic N) is 2. The van der Waals surface area contributed by atoms with E-state index < -0.39 is 12.1 Å². The summed E-state index contributed by atoms with van der Waals surface area (Å²) in [4.78, 5) is 17.3. The van der Waals surface area contributed by atoms with E-state index in [1.165, 1.54) is 4.90 Å². The molecule has 0 bridgehead atoms. The molecule has 0 aromatic carbocycles. The van der Waals surface area contributed by atoms with Crippen molar-refractivity contribution >= 4 is 5.91 Å². The Hall–Kier alpha value is -1.63. The van der Waals surface area contributed by atoms with Crippen LogP contribution in [0.15, 0.2) is 24.5 Å². The number of carbonyl (C=O) groups excluding carboxylic acids is 1. The highest BCUT2D eigenvalue weighted by molar-refractivity contribution is 5.78. The lowest BCUT2D eigenvalue weighted by molar-refractivity contribution is -0.187. The standard InChI is InChI=1S/C15H20F3N3O/c1-11(12-4-6-19-7-5-12)20-9-14(22)21-8-2-3-13(10-21)15(16,17)18/h4-7,11,13,20H,2-3,8-10H2,1H3/t11-,13+/m0/s1. The van der Waals surface area contributed by atoms with Crippen molar-refractivity contribution in [2.75, 3.05) is 19.6 Å². The number of amides is 1. The van der Waals surface area contributed by atoms with Crippen LogP contribution in [0.4, 0.5) is 13.2 Å². The second-order valence-corrected chi connectivity index (χ2v) is 5.60. The number of carbonyl (C=O) groups is 1. The molecule has 7 heteroatoms. The van der Waals surface area contributed by atoms with Gasteiger partial charge in [0.25, 0.3) is 0 Å². The largest absolute Gasteiger partial charge is 0.393 e. The number of hydrogen-bond acceptors (Lipinski definition) is 3. The van der Waals surface area contributed by atoms with Gasteiger partial charge in [0.1, 0.15) is 0 Å². The van der Waals surface area contributed by atoms with Gasteiger partial charge in [-0.05, 0) is 37.5 Å². The van der Waals surface area contributed by atoms with Gasteiger partial charge in [-0.2, -0.15) is 13.2 Å². The highest BCUT2D eigenvalue weighted by Gasteiger charge is 2.42. The number of likely N-dealkylation sites (tertiary alicyclic amines) is 1. The molecule has 1 aromatic rings. The number of halogens is 3. The first-order valence-electron chi connectivity index (χ1n) is 7.35. The van der Waals surface area contributed by atoms with Gasteiger partial charge in [0.2, 0.25) is 5.91 Å². The van der Waals surface area contributed by atoms with Crippen molar-refractivity contribution in [3.8, 4) is 0 Å². The van der Waals surface area contributed by atoms with Gasteiger partial charge in [-0.3, -0.25) is 9.78 Å². The fourth-order valence-electron chi connectivity index (χ4n) is 2.59. The topological polar surface area (TPSA) is 45.2 Å². The van der Waals surface area contributed by atoms with Crippen molar-refractivity contribution in [2.24, 2.45) is 5.92 Å². The van der Waals surface area contributed by atoms with E-state index in [0.717, 1.165) is 5.56 Å². The molecule has 1 aromatic heterocycles. The summed E-state index contributed by atoms with van der Waals surface area (Å²) in [5, 5.41) is 3.05. The predicted molar refractivity (Wildman–Crippen MR) is 76.0 cm³/mol. The van der Waals surface area contributed by atoms with Gasteiger partial charge < -0.3 is 10.2 Å². The van der Waals surface area contributed by atoms with Crippen LogP contribution in [0, 0.1) is 5.92 Å². The summed E-state index contributed by atoms with van der Waals surface area (Å²) < 4.78 is 38.3. The van der Waals surface area contributed by atoms with E-state index in [4.69, 9.17) is 0 Å². The highest BCUT2D eigenvalue weighted by Crippen LogP contribution is 2.33. The van der Waals surface area contributed by atoms with Crippen LogP contribution in [0.2, 0.25) is 0 Å². The summed E-state index contributed by atoms with van der Waals surface area (Å²) in [6.45, 7) is 2.11. The number of pyridine rings is 1. The van der Waals surface area contributed by atoms with E-state index in [0.29, 0.717) is 13.0 Å². The third-order valence-electron chi connectivity index (χ3n) is 4.00. The lowest BCUT2D eigenvalue weighted by Crippen LogP contribution is -2.47. The minimum atomic E-state index is -4.23. The Morgan fingerprint density at radius 2 is 2.14 bits per heavy atom. The third-order valence-corrected chi connectivity index (χ3v) is 4.00.